The van der Waals surface area contributed by atoms with Gasteiger partial charge < -0.3 is 18.8 Å². The van der Waals surface area contributed by atoms with Crippen LogP contribution in [0.15, 0.2) is 46.9 Å². The standard InChI is InChI=1S/C19H18BrNO4/c1-23-16-10-14-13(17(20)18(16)24-2)9-15(19(22)25-3)21(14)11-12-7-5-4-6-8-12/h4-10H,11H2,1-3H3. The number of methoxy groups -OCH3 is 3. The Hall–Kier alpha value is -2.47. The van der Waals surface area contributed by atoms with Crippen LogP contribution in [0.3, 0.4) is 0 Å². The highest BCUT2D eigenvalue weighted by atomic mass is 79.9. The second-order valence-electron chi connectivity index (χ2n) is 5.45. The molecule has 3 rings (SSSR count). The summed E-state index contributed by atoms with van der Waals surface area (Å²) in [6.45, 7) is 0.538. The van der Waals surface area contributed by atoms with Crippen molar-refractivity contribution in [3.63, 3.8) is 0 Å². The van der Waals surface area contributed by atoms with E-state index in [4.69, 9.17) is 14.2 Å². The van der Waals surface area contributed by atoms with Gasteiger partial charge in [0.25, 0.3) is 0 Å². The van der Waals surface area contributed by atoms with E-state index in [1.807, 2.05) is 41.0 Å². The van der Waals surface area contributed by atoms with Crippen LogP contribution in [-0.4, -0.2) is 31.9 Å². The molecular formula is C19H18BrNO4. The molecule has 0 unspecified atom stereocenters. The number of esters is 1. The monoisotopic (exact) mass is 403 g/mol. The molecule has 0 radical (unpaired) electrons. The number of hydrogen-bond donors (Lipinski definition) is 0. The summed E-state index contributed by atoms with van der Waals surface area (Å²) in [5.41, 5.74) is 2.40. The number of aromatic nitrogens is 1. The van der Waals surface area contributed by atoms with E-state index >= 15 is 0 Å². The van der Waals surface area contributed by atoms with Crippen molar-refractivity contribution in [1.29, 1.82) is 0 Å². The number of carbonyl (C=O) groups is 1. The first-order valence-electron chi connectivity index (χ1n) is 7.66. The van der Waals surface area contributed by atoms with Crippen LogP contribution >= 0.6 is 15.9 Å². The lowest BCUT2D eigenvalue weighted by Gasteiger charge is -2.13. The van der Waals surface area contributed by atoms with Gasteiger partial charge in [-0.25, -0.2) is 4.79 Å². The summed E-state index contributed by atoms with van der Waals surface area (Å²) >= 11 is 3.57. The molecule has 0 aliphatic carbocycles. The maximum absolute atomic E-state index is 12.3. The van der Waals surface area contributed by atoms with Crippen LogP contribution in [0.2, 0.25) is 0 Å². The van der Waals surface area contributed by atoms with E-state index in [9.17, 15) is 4.79 Å². The first-order valence-corrected chi connectivity index (χ1v) is 8.46. The quantitative estimate of drug-likeness (QED) is 0.597. The Bertz CT molecular complexity index is 918. The summed E-state index contributed by atoms with van der Waals surface area (Å²) in [4.78, 5) is 12.3. The number of halogens is 1. The van der Waals surface area contributed by atoms with Gasteiger partial charge in [0.2, 0.25) is 0 Å². The minimum absolute atomic E-state index is 0.392. The van der Waals surface area contributed by atoms with Crippen LogP contribution in [0.25, 0.3) is 10.9 Å². The lowest BCUT2D eigenvalue weighted by Crippen LogP contribution is -2.11. The molecule has 0 aliphatic heterocycles. The summed E-state index contributed by atoms with van der Waals surface area (Å²) in [5, 5.41) is 0.856. The minimum atomic E-state index is -0.392. The molecule has 1 heterocycles. The van der Waals surface area contributed by atoms with Gasteiger partial charge in [-0.05, 0) is 27.6 Å². The van der Waals surface area contributed by atoms with E-state index in [1.54, 1.807) is 20.3 Å². The van der Waals surface area contributed by atoms with E-state index in [-0.39, 0.29) is 0 Å². The number of rotatable bonds is 5. The molecule has 0 saturated carbocycles. The molecule has 5 nitrogen and oxygen atoms in total. The van der Waals surface area contributed by atoms with Gasteiger partial charge in [0.15, 0.2) is 11.5 Å². The Kier molecular flexibility index (Phi) is 4.99. The SMILES string of the molecule is COC(=O)c1cc2c(Br)c(OC)c(OC)cc2n1Cc1ccccc1. The van der Waals surface area contributed by atoms with Crippen molar-refractivity contribution < 1.29 is 19.0 Å². The van der Waals surface area contributed by atoms with E-state index in [0.29, 0.717) is 23.7 Å². The van der Waals surface area contributed by atoms with E-state index < -0.39 is 5.97 Å². The van der Waals surface area contributed by atoms with E-state index in [0.717, 1.165) is 20.9 Å². The molecule has 2 aromatic carbocycles. The molecule has 25 heavy (non-hydrogen) atoms. The Balaban J connectivity index is 2.27. The summed E-state index contributed by atoms with van der Waals surface area (Å²) in [7, 11) is 4.54. The highest BCUT2D eigenvalue weighted by molar-refractivity contribution is 9.10. The molecule has 0 amide bonds. The molecule has 0 saturated heterocycles. The van der Waals surface area contributed by atoms with Crippen molar-refractivity contribution >= 4 is 32.8 Å². The van der Waals surface area contributed by atoms with Gasteiger partial charge in [-0.3, -0.25) is 0 Å². The van der Waals surface area contributed by atoms with Crippen LogP contribution < -0.4 is 9.47 Å². The van der Waals surface area contributed by atoms with Gasteiger partial charge in [0, 0.05) is 18.0 Å². The normalized spacial score (nSPS) is 10.7. The fourth-order valence-electron chi connectivity index (χ4n) is 2.87. The van der Waals surface area contributed by atoms with Crippen molar-refractivity contribution in [2.75, 3.05) is 21.3 Å². The van der Waals surface area contributed by atoms with Gasteiger partial charge >= 0.3 is 5.97 Å². The molecule has 130 valence electrons. The molecule has 0 atom stereocenters. The Morgan fingerprint density at radius 1 is 1.08 bits per heavy atom. The largest absolute Gasteiger partial charge is 0.493 e. The van der Waals surface area contributed by atoms with E-state index in [1.165, 1.54) is 7.11 Å². The number of hydrogen-bond acceptors (Lipinski definition) is 4. The Morgan fingerprint density at radius 3 is 2.40 bits per heavy atom. The van der Waals surface area contributed by atoms with E-state index in [2.05, 4.69) is 15.9 Å². The van der Waals surface area contributed by atoms with Gasteiger partial charge in [-0.15, -0.1) is 0 Å². The third kappa shape index (κ3) is 3.09. The maximum atomic E-state index is 12.3. The number of carbonyl (C=O) groups excluding carboxylic acids is 1. The summed E-state index contributed by atoms with van der Waals surface area (Å²) in [6.07, 6.45) is 0. The molecular weight excluding hydrogens is 386 g/mol. The smallest absolute Gasteiger partial charge is 0.354 e. The average Bonchev–Trinajstić information content (AvgIpc) is 3.00. The second-order valence-corrected chi connectivity index (χ2v) is 6.24. The molecule has 0 N–H and O–H groups in total. The zero-order valence-electron chi connectivity index (χ0n) is 14.2. The maximum Gasteiger partial charge on any atom is 0.354 e. The predicted molar refractivity (Wildman–Crippen MR) is 99.6 cm³/mol. The summed E-state index contributed by atoms with van der Waals surface area (Å²) < 4.78 is 18.5. The molecule has 0 spiro atoms. The third-order valence-corrected chi connectivity index (χ3v) is 4.86. The van der Waals surface area contributed by atoms with Crippen molar-refractivity contribution in [1.82, 2.24) is 4.57 Å². The topological polar surface area (TPSA) is 49.7 Å². The van der Waals surface area contributed by atoms with Crippen molar-refractivity contribution in [2.24, 2.45) is 0 Å². The highest BCUT2D eigenvalue weighted by Crippen LogP contribution is 2.42. The van der Waals surface area contributed by atoms with Crippen LogP contribution in [0, 0.1) is 0 Å². The summed E-state index contributed by atoms with van der Waals surface area (Å²) in [5.74, 6) is 0.783. The first kappa shape index (κ1) is 17.4. The fraction of sp³-hybridized carbons (Fsp3) is 0.211. The molecule has 6 heteroatoms. The zero-order valence-corrected chi connectivity index (χ0v) is 15.8. The van der Waals surface area contributed by atoms with Crippen molar-refractivity contribution in [3.8, 4) is 11.5 Å². The fourth-order valence-corrected chi connectivity index (χ4v) is 3.54. The molecule has 1 aromatic heterocycles. The average molecular weight is 404 g/mol. The lowest BCUT2D eigenvalue weighted by molar-refractivity contribution is 0.0589. The molecule has 0 aliphatic rings. The van der Waals surface area contributed by atoms with Crippen molar-refractivity contribution in [2.45, 2.75) is 6.54 Å². The van der Waals surface area contributed by atoms with Crippen molar-refractivity contribution in [3.05, 3.63) is 58.2 Å². The van der Waals surface area contributed by atoms with Crippen LogP contribution in [0.1, 0.15) is 16.1 Å². The lowest BCUT2D eigenvalue weighted by atomic mass is 10.2. The Morgan fingerprint density at radius 2 is 1.80 bits per heavy atom. The van der Waals surface area contributed by atoms with Gasteiger partial charge in [-0.1, -0.05) is 30.3 Å². The van der Waals surface area contributed by atoms with Gasteiger partial charge in [-0.2, -0.15) is 0 Å². The number of ether oxygens (including phenoxy) is 3. The summed E-state index contributed by atoms with van der Waals surface area (Å²) in [6, 6.07) is 13.6. The first-order chi connectivity index (χ1) is 12.1. The zero-order chi connectivity index (χ0) is 18.0. The molecule has 3 aromatic rings. The minimum Gasteiger partial charge on any atom is -0.493 e. The third-order valence-electron chi connectivity index (χ3n) is 4.07. The highest BCUT2D eigenvalue weighted by Gasteiger charge is 2.22. The second kappa shape index (κ2) is 7.19. The van der Waals surface area contributed by atoms with Crippen LogP contribution in [0.5, 0.6) is 11.5 Å². The number of fused-ring (bicyclic) bond motifs is 1. The number of benzene rings is 2. The van der Waals surface area contributed by atoms with Gasteiger partial charge in [0.1, 0.15) is 5.69 Å². The predicted octanol–water partition coefficient (Wildman–Crippen LogP) is 4.26. The Labute approximate surface area is 154 Å². The van der Waals surface area contributed by atoms with Crippen LogP contribution in [0.4, 0.5) is 0 Å². The van der Waals surface area contributed by atoms with Crippen LogP contribution in [-0.2, 0) is 11.3 Å². The molecule has 0 bridgehead atoms. The number of nitrogens with zero attached hydrogens (tertiary/aromatic N) is 1. The van der Waals surface area contributed by atoms with Gasteiger partial charge in [0.05, 0.1) is 31.3 Å². The molecule has 0 fully saturated rings.